The van der Waals surface area contributed by atoms with Crippen molar-refractivity contribution in [3.05, 3.63) is 53.7 Å². The van der Waals surface area contributed by atoms with Gasteiger partial charge < -0.3 is 5.32 Å². The number of allylic oxidation sites excluding steroid dienone is 1. The van der Waals surface area contributed by atoms with Gasteiger partial charge in [-0.3, -0.25) is 14.7 Å². The summed E-state index contributed by atoms with van der Waals surface area (Å²) in [5.41, 5.74) is 1.74. The lowest BCUT2D eigenvalue weighted by Gasteiger charge is -2.16. The molecule has 0 unspecified atom stereocenters. The largest absolute Gasteiger partial charge is 0.340 e. The molecule has 1 aliphatic carbocycles. The highest BCUT2D eigenvalue weighted by atomic mass is 16.2. The van der Waals surface area contributed by atoms with Gasteiger partial charge in [0.2, 0.25) is 11.6 Å². The minimum absolute atomic E-state index is 0.423. The molecular formula is C13H9N3O2. The number of aromatic amines is 1. The molecule has 1 heterocycles. The summed E-state index contributed by atoms with van der Waals surface area (Å²) in [5, 5.41) is 9.59. The highest BCUT2D eigenvalue weighted by Gasteiger charge is 2.25. The molecule has 18 heavy (non-hydrogen) atoms. The second-order valence-electron chi connectivity index (χ2n) is 3.89. The molecule has 0 saturated carbocycles. The third-order valence-corrected chi connectivity index (χ3v) is 2.73. The van der Waals surface area contributed by atoms with Crippen molar-refractivity contribution < 1.29 is 9.59 Å². The minimum Gasteiger partial charge on any atom is -0.340 e. The van der Waals surface area contributed by atoms with E-state index in [-0.39, 0.29) is 0 Å². The highest BCUT2D eigenvalue weighted by molar-refractivity contribution is 6.50. The Morgan fingerprint density at radius 3 is 2.56 bits per heavy atom. The average molecular weight is 239 g/mol. The maximum atomic E-state index is 11.7. The van der Waals surface area contributed by atoms with Crippen molar-refractivity contribution in [2.24, 2.45) is 0 Å². The van der Waals surface area contributed by atoms with Crippen molar-refractivity contribution in [2.75, 3.05) is 5.32 Å². The van der Waals surface area contributed by atoms with E-state index < -0.39 is 11.6 Å². The zero-order valence-corrected chi connectivity index (χ0v) is 9.31. The molecule has 0 amide bonds. The maximum Gasteiger partial charge on any atom is 0.233 e. The van der Waals surface area contributed by atoms with Crippen LogP contribution in [0.5, 0.6) is 0 Å². The van der Waals surface area contributed by atoms with Crippen LogP contribution in [0, 0.1) is 0 Å². The standard InChI is InChI=1S/C13H9N3O2/c17-11-7-10(15-12-5-6-14-16-12)8-3-1-2-4-9(8)13(11)18/h1-7H,(H2,14,15,16). The first-order chi connectivity index (χ1) is 8.75. The number of carbonyl (C=O) groups excluding carboxylic acids is 2. The van der Waals surface area contributed by atoms with E-state index in [4.69, 9.17) is 0 Å². The van der Waals surface area contributed by atoms with E-state index in [0.29, 0.717) is 17.1 Å². The lowest BCUT2D eigenvalue weighted by Crippen LogP contribution is -2.20. The zero-order chi connectivity index (χ0) is 12.5. The van der Waals surface area contributed by atoms with Gasteiger partial charge >= 0.3 is 0 Å². The molecule has 0 spiro atoms. The van der Waals surface area contributed by atoms with Crippen molar-refractivity contribution in [1.82, 2.24) is 10.2 Å². The summed E-state index contributed by atoms with van der Waals surface area (Å²) in [6, 6.07) is 8.75. The van der Waals surface area contributed by atoms with Gasteiger partial charge in [-0.05, 0) is 0 Å². The number of nitrogens with zero attached hydrogens (tertiary/aromatic N) is 1. The first kappa shape index (κ1) is 10.5. The minimum atomic E-state index is -0.518. The van der Waals surface area contributed by atoms with E-state index in [1.54, 1.807) is 30.5 Å². The van der Waals surface area contributed by atoms with Gasteiger partial charge in [0, 0.05) is 23.3 Å². The van der Waals surface area contributed by atoms with Crippen molar-refractivity contribution in [3.8, 4) is 0 Å². The number of fused-ring (bicyclic) bond motifs is 1. The summed E-state index contributed by atoms with van der Waals surface area (Å²) in [6.45, 7) is 0. The van der Waals surface area contributed by atoms with Crippen LogP contribution in [-0.4, -0.2) is 21.8 Å². The quantitative estimate of drug-likeness (QED) is 0.781. The Kier molecular flexibility index (Phi) is 2.30. The number of benzene rings is 1. The monoisotopic (exact) mass is 239 g/mol. The van der Waals surface area contributed by atoms with Gasteiger partial charge in [0.15, 0.2) is 0 Å². The van der Waals surface area contributed by atoms with Crippen LogP contribution in [0.3, 0.4) is 0 Å². The molecule has 1 aromatic carbocycles. The second kappa shape index (κ2) is 3.96. The van der Waals surface area contributed by atoms with Gasteiger partial charge in [-0.15, -0.1) is 0 Å². The van der Waals surface area contributed by atoms with Crippen LogP contribution in [0.15, 0.2) is 42.6 Å². The molecule has 0 bridgehead atoms. The van der Waals surface area contributed by atoms with Crippen LogP contribution in [0.2, 0.25) is 0 Å². The number of anilines is 1. The van der Waals surface area contributed by atoms with E-state index in [9.17, 15) is 9.59 Å². The summed E-state index contributed by atoms with van der Waals surface area (Å²) in [5.74, 6) is -0.324. The van der Waals surface area contributed by atoms with Gasteiger partial charge in [0.05, 0.1) is 11.9 Å². The Hall–Kier alpha value is -2.69. The maximum absolute atomic E-state index is 11.7. The Labute approximate surface area is 103 Å². The number of nitrogens with one attached hydrogen (secondary N) is 2. The number of H-pyrrole nitrogens is 1. The number of Topliss-reactive ketones (excluding diaryl/α,β-unsaturated/α-hetero) is 1. The molecule has 0 atom stereocenters. The third kappa shape index (κ3) is 1.62. The molecule has 2 aromatic rings. The van der Waals surface area contributed by atoms with E-state index in [1.165, 1.54) is 6.08 Å². The van der Waals surface area contributed by atoms with Gasteiger partial charge in [-0.2, -0.15) is 5.10 Å². The van der Waals surface area contributed by atoms with Gasteiger partial charge in [-0.1, -0.05) is 24.3 Å². The summed E-state index contributed by atoms with van der Waals surface area (Å²) in [6.07, 6.45) is 2.91. The molecule has 0 fully saturated rings. The Morgan fingerprint density at radius 1 is 1.06 bits per heavy atom. The SMILES string of the molecule is O=C1C=C(Nc2ccn[nH]2)c2ccccc2C1=O. The van der Waals surface area contributed by atoms with E-state index >= 15 is 0 Å². The molecule has 1 aromatic heterocycles. The number of hydrogen-bond acceptors (Lipinski definition) is 4. The Balaban J connectivity index is 2.06. The van der Waals surface area contributed by atoms with Crippen LogP contribution in [0.4, 0.5) is 5.82 Å². The molecule has 1 aliphatic rings. The van der Waals surface area contributed by atoms with E-state index in [2.05, 4.69) is 15.5 Å². The zero-order valence-electron chi connectivity index (χ0n) is 9.31. The lowest BCUT2D eigenvalue weighted by atomic mass is 9.93. The molecule has 88 valence electrons. The highest BCUT2D eigenvalue weighted by Crippen LogP contribution is 2.25. The van der Waals surface area contributed by atoms with E-state index in [1.807, 2.05) is 6.07 Å². The average Bonchev–Trinajstić information content (AvgIpc) is 2.89. The Bertz CT molecular complexity index is 657. The van der Waals surface area contributed by atoms with Crippen molar-refractivity contribution in [2.45, 2.75) is 0 Å². The third-order valence-electron chi connectivity index (χ3n) is 2.73. The number of ketones is 2. The van der Waals surface area contributed by atoms with Crippen LogP contribution >= 0.6 is 0 Å². The van der Waals surface area contributed by atoms with Crippen LogP contribution in [0.25, 0.3) is 5.70 Å². The van der Waals surface area contributed by atoms with E-state index in [0.717, 1.165) is 5.56 Å². The van der Waals surface area contributed by atoms with Crippen molar-refractivity contribution in [3.63, 3.8) is 0 Å². The first-order valence-electron chi connectivity index (χ1n) is 5.42. The summed E-state index contributed by atoms with van der Waals surface area (Å²) >= 11 is 0. The lowest BCUT2D eigenvalue weighted by molar-refractivity contribution is -0.111. The molecule has 0 saturated heterocycles. The molecule has 0 aliphatic heterocycles. The Morgan fingerprint density at radius 2 is 1.83 bits per heavy atom. The number of rotatable bonds is 2. The fraction of sp³-hybridized carbons (Fsp3) is 0. The van der Waals surface area contributed by atoms with Crippen LogP contribution < -0.4 is 5.32 Å². The number of carbonyl (C=O) groups is 2. The summed E-state index contributed by atoms with van der Waals surface area (Å²) in [4.78, 5) is 23.3. The molecule has 5 heteroatoms. The predicted molar refractivity (Wildman–Crippen MR) is 66.0 cm³/mol. The summed E-state index contributed by atoms with van der Waals surface area (Å²) < 4.78 is 0. The normalized spacial score (nSPS) is 14.1. The van der Waals surface area contributed by atoms with Crippen LogP contribution in [0.1, 0.15) is 15.9 Å². The van der Waals surface area contributed by atoms with Crippen LogP contribution in [-0.2, 0) is 4.79 Å². The fourth-order valence-electron chi connectivity index (χ4n) is 1.90. The van der Waals surface area contributed by atoms with Gasteiger partial charge in [0.1, 0.15) is 5.82 Å². The smallest absolute Gasteiger partial charge is 0.233 e. The van der Waals surface area contributed by atoms with Gasteiger partial charge in [-0.25, -0.2) is 0 Å². The fourth-order valence-corrected chi connectivity index (χ4v) is 1.90. The molecule has 2 N–H and O–H groups in total. The molecular weight excluding hydrogens is 230 g/mol. The predicted octanol–water partition coefficient (Wildman–Crippen LogP) is 1.63. The van der Waals surface area contributed by atoms with Gasteiger partial charge in [0.25, 0.3) is 0 Å². The molecule has 5 nitrogen and oxygen atoms in total. The molecule has 0 radical (unpaired) electrons. The van der Waals surface area contributed by atoms with Crippen molar-refractivity contribution >= 4 is 23.1 Å². The second-order valence-corrected chi connectivity index (χ2v) is 3.89. The first-order valence-corrected chi connectivity index (χ1v) is 5.42. The molecule has 3 rings (SSSR count). The number of hydrogen-bond donors (Lipinski definition) is 2. The number of aromatic nitrogens is 2. The summed E-state index contributed by atoms with van der Waals surface area (Å²) in [7, 11) is 0. The van der Waals surface area contributed by atoms with Crippen molar-refractivity contribution in [1.29, 1.82) is 0 Å². The topological polar surface area (TPSA) is 74.8 Å².